The van der Waals surface area contributed by atoms with E-state index in [1.54, 1.807) is 0 Å². The molecule has 2 rings (SSSR count). The molecule has 0 fully saturated rings. The molecule has 0 aliphatic carbocycles. The van der Waals surface area contributed by atoms with Crippen LogP contribution in [0.5, 0.6) is 5.75 Å². The number of anilines is 1. The van der Waals surface area contributed by atoms with Gasteiger partial charge in [0, 0.05) is 17.9 Å². The molecular weight excluding hydrogens is 333 g/mol. The van der Waals surface area contributed by atoms with Crippen LogP contribution in [-0.2, 0) is 16.1 Å². The lowest BCUT2D eigenvalue weighted by atomic mass is 10.2. The zero-order chi connectivity index (χ0) is 17.4. The summed E-state index contributed by atoms with van der Waals surface area (Å²) < 4.78 is 23.7. The molecule has 0 aliphatic rings. The van der Waals surface area contributed by atoms with E-state index in [2.05, 4.69) is 5.32 Å². The van der Waals surface area contributed by atoms with Gasteiger partial charge in [0.2, 0.25) is 5.91 Å². The molecule has 0 spiro atoms. The van der Waals surface area contributed by atoms with Crippen molar-refractivity contribution >= 4 is 23.2 Å². The first-order valence-corrected chi connectivity index (χ1v) is 8.01. The van der Waals surface area contributed by atoms with E-state index in [4.69, 9.17) is 21.1 Å². The Morgan fingerprint density at radius 1 is 1.25 bits per heavy atom. The van der Waals surface area contributed by atoms with E-state index >= 15 is 0 Å². The van der Waals surface area contributed by atoms with Gasteiger partial charge in [0.15, 0.2) is 0 Å². The lowest BCUT2D eigenvalue weighted by Crippen LogP contribution is -2.16. The molecular formula is C18H19ClFNO3. The fraction of sp³-hybridized carbons (Fsp3) is 0.278. The minimum atomic E-state index is -0.434. The molecule has 0 bridgehead atoms. The van der Waals surface area contributed by atoms with E-state index in [0.717, 1.165) is 11.3 Å². The number of hydrogen-bond acceptors (Lipinski definition) is 3. The lowest BCUT2D eigenvalue weighted by molar-refractivity contribution is -0.116. The molecule has 1 N–H and O–H groups in total. The van der Waals surface area contributed by atoms with Crippen LogP contribution < -0.4 is 10.1 Å². The third-order valence-corrected chi connectivity index (χ3v) is 3.53. The lowest BCUT2D eigenvalue weighted by Gasteiger charge is -2.12. The number of rotatable bonds is 8. The molecule has 0 saturated carbocycles. The number of benzene rings is 2. The number of hydrogen-bond donors (Lipinski definition) is 1. The molecule has 0 radical (unpaired) electrons. The van der Waals surface area contributed by atoms with Crippen molar-refractivity contribution < 1.29 is 18.7 Å². The number of carbonyl (C=O) groups excluding carboxylic acids is 1. The molecule has 0 heterocycles. The molecule has 0 aromatic heterocycles. The predicted octanol–water partition coefficient (Wildman–Crippen LogP) is 4.42. The molecule has 2 aromatic carbocycles. The normalized spacial score (nSPS) is 10.5. The third kappa shape index (κ3) is 5.51. The Balaban J connectivity index is 1.85. The summed E-state index contributed by atoms with van der Waals surface area (Å²) in [6.45, 7) is 3.10. The molecule has 0 aliphatic heterocycles. The van der Waals surface area contributed by atoms with Crippen LogP contribution in [0.3, 0.4) is 0 Å². The summed E-state index contributed by atoms with van der Waals surface area (Å²) in [5.41, 5.74) is 1.63. The van der Waals surface area contributed by atoms with Crippen LogP contribution in [0.15, 0.2) is 42.5 Å². The molecule has 0 saturated heterocycles. The first-order valence-electron chi connectivity index (χ1n) is 7.63. The summed E-state index contributed by atoms with van der Waals surface area (Å²) in [5, 5.41) is 3.02. The first-order chi connectivity index (χ1) is 11.6. The average Bonchev–Trinajstić information content (AvgIpc) is 2.56. The number of halogens is 2. The monoisotopic (exact) mass is 351 g/mol. The standard InChI is InChI=1S/C18H19ClFNO3/c1-2-23-12-13-5-3-4-6-16(13)21-18(22)9-10-24-17-8-7-14(20)11-15(17)19/h3-8,11H,2,9-10,12H2,1H3,(H,21,22). The van der Waals surface area contributed by atoms with E-state index in [1.807, 2.05) is 31.2 Å². The highest BCUT2D eigenvalue weighted by atomic mass is 35.5. The van der Waals surface area contributed by atoms with Crippen LogP contribution in [0.4, 0.5) is 10.1 Å². The van der Waals surface area contributed by atoms with E-state index < -0.39 is 5.82 Å². The quantitative estimate of drug-likeness (QED) is 0.765. The maximum absolute atomic E-state index is 13.0. The van der Waals surface area contributed by atoms with Gasteiger partial charge < -0.3 is 14.8 Å². The predicted molar refractivity (Wildman–Crippen MR) is 91.9 cm³/mol. The Labute approximate surface area is 145 Å². The summed E-state index contributed by atoms with van der Waals surface area (Å²) in [6, 6.07) is 11.3. The van der Waals surface area contributed by atoms with Crippen LogP contribution in [0.1, 0.15) is 18.9 Å². The SMILES string of the molecule is CCOCc1ccccc1NC(=O)CCOc1ccc(F)cc1Cl. The highest BCUT2D eigenvalue weighted by molar-refractivity contribution is 6.32. The zero-order valence-corrected chi connectivity index (χ0v) is 14.1. The van der Waals surface area contributed by atoms with Gasteiger partial charge in [0.1, 0.15) is 11.6 Å². The van der Waals surface area contributed by atoms with Crippen molar-refractivity contribution in [3.05, 3.63) is 58.9 Å². The van der Waals surface area contributed by atoms with Gasteiger partial charge >= 0.3 is 0 Å². The highest BCUT2D eigenvalue weighted by Gasteiger charge is 2.08. The maximum atomic E-state index is 13.0. The van der Waals surface area contributed by atoms with Crippen molar-refractivity contribution in [2.75, 3.05) is 18.5 Å². The van der Waals surface area contributed by atoms with Crippen LogP contribution in [-0.4, -0.2) is 19.1 Å². The summed E-state index contributed by atoms with van der Waals surface area (Å²) in [7, 11) is 0. The van der Waals surface area contributed by atoms with E-state index in [-0.39, 0.29) is 24.0 Å². The van der Waals surface area contributed by atoms with E-state index in [0.29, 0.717) is 19.0 Å². The summed E-state index contributed by atoms with van der Waals surface area (Å²) in [4.78, 5) is 12.0. The van der Waals surface area contributed by atoms with Crippen molar-refractivity contribution in [1.82, 2.24) is 0 Å². The van der Waals surface area contributed by atoms with Gasteiger partial charge in [-0.05, 0) is 31.2 Å². The van der Waals surface area contributed by atoms with E-state index in [9.17, 15) is 9.18 Å². The summed E-state index contributed by atoms with van der Waals surface area (Å²) >= 11 is 5.86. The number of nitrogens with one attached hydrogen (secondary N) is 1. The Hall–Kier alpha value is -2.11. The fourth-order valence-corrected chi connectivity index (χ4v) is 2.26. The molecule has 4 nitrogen and oxygen atoms in total. The average molecular weight is 352 g/mol. The molecule has 6 heteroatoms. The van der Waals surface area contributed by atoms with Gasteiger partial charge in [-0.25, -0.2) is 4.39 Å². The zero-order valence-electron chi connectivity index (χ0n) is 13.4. The minimum Gasteiger partial charge on any atom is -0.491 e. The molecule has 128 valence electrons. The van der Waals surface area contributed by atoms with E-state index in [1.165, 1.54) is 18.2 Å². The Morgan fingerprint density at radius 3 is 2.79 bits per heavy atom. The highest BCUT2D eigenvalue weighted by Crippen LogP contribution is 2.25. The number of amides is 1. The van der Waals surface area contributed by atoms with Crippen molar-refractivity contribution in [3.63, 3.8) is 0 Å². The second-order valence-electron chi connectivity index (χ2n) is 5.02. The molecule has 2 aromatic rings. The van der Waals surface area contributed by atoms with Crippen LogP contribution in [0.25, 0.3) is 0 Å². The largest absolute Gasteiger partial charge is 0.491 e. The molecule has 24 heavy (non-hydrogen) atoms. The second-order valence-corrected chi connectivity index (χ2v) is 5.42. The Morgan fingerprint density at radius 2 is 2.04 bits per heavy atom. The van der Waals surface area contributed by atoms with Crippen molar-refractivity contribution in [2.45, 2.75) is 20.0 Å². The number of para-hydroxylation sites is 1. The minimum absolute atomic E-state index is 0.144. The van der Waals surface area contributed by atoms with Crippen molar-refractivity contribution in [3.8, 4) is 5.75 Å². The first kappa shape index (κ1) is 18.2. The maximum Gasteiger partial charge on any atom is 0.227 e. The van der Waals surface area contributed by atoms with Crippen molar-refractivity contribution in [1.29, 1.82) is 0 Å². The van der Waals surface area contributed by atoms with Gasteiger partial charge in [0.05, 0.1) is 24.7 Å². The topological polar surface area (TPSA) is 47.6 Å². The molecule has 0 atom stereocenters. The van der Waals surface area contributed by atoms with Gasteiger partial charge in [0.25, 0.3) is 0 Å². The van der Waals surface area contributed by atoms with Gasteiger partial charge in [-0.1, -0.05) is 29.8 Å². The van der Waals surface area contributed by atoms with Crippen LogP contribution in [0.2, 0.25) is 5.02 Å². The van der Waals surface area contributed by atoms with Crippen LogP contribution >= 0.6 is 11.6 Å². The molecule has 1 amide bonds. The molecule has 0 unspecified atom stereocenters. The number of carbonyl (C=O) groups is 1. The van der Waals surface area contributed by atoms with Gasteiger partial charge in [-0.2, -0.15) is 0 Å². The third-order valence-electron chi connectivity index (χ3n) is 3.23. The van der Waals surface area contributed by atoms with Gasteiger partial charge in [-0.15, -0.1) is 0 Å². The fourth-order valence-electron chi connectivity index (χ4n) is 2.04. The second kappa shape index (κ2) is 9.25. The summed E-state index contributed by atoms with van der Waals surface area (Å²) in [5.74, 6) is -0.268. The Bertz CT molecular complexity index is 694. The van der Waals surface area contributed by atoms with Gasteiger partial charge in [-0.3, -0.25) is 4.79 Å². The Kier molecular flexibility index (Phi) is 7.03. The van der Waals surface area contributed by atoms with Crippen LogP contribution in [0, 0.1) is 5.82 Å². The smallest absolute Gasteiger partial charge is 0.227 e. The number of ether oxygens (including phenoxy) is 2. The summed E-state index contributed by atoms with van der Waals surface area (Å²) in [6.07, 6.45) is 0.149. The van der Waals surface area contributed by atoms with Crippen molar-refractivity contribution in [2.24, 2.45) is 0 Å².